The van der Waals surface area contributed by atoms with E-state index in [4.69, 9.17) is 5.11 Å². The van der Waals surface area contributed by atoms with E-state index in [0.717, 1.165) is 19.4 Å². The van der Waals surface area contributed by atoms with Crippen molar-refractivity contribution in [3.05, 3.63) is 71.4 Å². The first-order valence-electron chi connectivity index (χ1n) is 9.94. The number of para-hydroxylation sites is 1. The summed E-state index contributed by atoms with van der Waals surface area (Å²) in [6.45, 7) is 4.47. The summed E-state index contributed by atoms with van der Waals surface area (Å²) in [6, 6.07) is 17.4. The van der Waals surface area contributed by atoms with Crippen LogP contribution in [0.5, 0.6) is 0 Å². The van der Waals surface area contributed by atoms with E-state index in [1.165, 1.54) is 38.9 Å². The highest BCUT2D eigenvalue weighted by molar-refractivity contribution is 5.82. The van der Waals surface area contributed by atoms with Gasteiger partial charge in [-0.1, -0.05) is 29.8 Å². The van der Waals surface area contributed by atoms with Gasteiger partial charge in [0.25, 0.3) is 0 Å². The maximum atomic E-state index is 11.0. The normalized spacial score (nSPS) is 17.6. The van der Waals surface area contributed by atoms with Gasteiger partial charge < -0.3 is 9.67 Å². The summed E-state index contributed by atoms with van der Waals surface area (Å²) >= 11 is 0. The number of aromatic nitrogens is 1. The smallest absolute Gasteiger partial charge is 0.309 e. The van der Waals surface area contributed by atoms with Crippen LogP contribution in [-0.2, 0) is 11.2 Å². The number of hydrogen-bond donors (Lipinski definition) is 1. The molecule has 1 aromatic heterocycles. The fourth-order valence-corrected chi connectivity index (χ4v) is 4.60. The molecule has 0 atom stereocenters. The Bertz CT molecular complexity index is 1100. The molecule has 1 saturated heterocycles. The molecular weight excluding hydrogens is 348 g/mol. The number of carboxylic acid groups (broad SMARTS) is 1. The molecule has 0 radical (unpaired) electrons. The molecule has 3 aromatic rings. The van der Waals surface area contributed by atoms with Crippen molar-refractivity contribution < 1.29 is 9.90 Å². The van der Waals surface area contributed by atoms with Crippen molar-refractivity contribution in [1.82, 2.24) is 9.47 Å². The van der Waals surface area contributed by atoms with E-state index in [9.17, 15) is 4.79 Å². The largest absolute Gasteiger partial charge is 0.481 e. The quantitative estimate of drug-likeness (QED) is 0.740. The number of hydrogen-bond acceptors (Lipinski definition) is 2. The molecule has 0 saturated carbocycles. The second-order valence-corrected chi connectivity index (χ2v) is 8.04. The molecular formula is C24H24N2O2. The average molecular weight is 372 g/mol. The van der Waals surface area contributed by atoms with Gasteiger partial charge in [0.1, 0.15) is 0 Å². The lowest BCUT2D eigenvalue weighted by atomic mass is 9.85. The number of nitrogens with zero attached hydrogens (tertiary/aromatic N) is 2. The zero-order chi connectivity index (χ0) is 19.3. The summed E-state index contributed by atoms with van der Waals surface area (Å²) in [6.07, 6.45) is 4.25. The maximum absolute atomic E-state index is 11.0. The molecule has 28 heavy (non-hydrogen) atoms. The molecule has 1 aliphatic heterocycles. The maximum Gasteiger partial charge on any atom is 0.309 e. The molecule has 1 fully saturated rings. The SMILES string of the molecule is CC1=C(CN2CC(C(=O)O)C2)CCc2cc(-n3ccc4ccccc43)ccc21. The van der Waals surface area contributed by atoms with Gasteiger partial charge in [0.05, 0.1) is 11.4 Å². The minimum Gasteiger partial charge on any atom is -0.481 e. The predicted molar refractivity (Wildman–Crippen MR) is 112 cm³/mol. The van der Waals surface area contributed by atoms with Crippen LogP contribution >= 0.6 is 0 Å². The molecule has 1 aliphatic carbocycles. The summed E-state index contributed by atoms with van der Waals surface area (Å²) in [4.78, 5) is 13.3. The lowest BCUT2D eigenvalue weighted by Gasteiger charge is -2.38. The molecule has 2 aromatic carbocycles. The van der Waals surface area contributed by atoms with Crippen LogP contribution in [0.1, 0.15) is 24.5 Å². The van der Waals surface area contributed by atoms with E-state index < -0.39 is 5.97 Å². The highest BCUT2D eigenvalue weighted by Gasteiger charge is 2.33. The lowest BCUT2D eigenvalue weighted by Crippen LogP contribution is -2.50. The van der Waals surface area contributed by atoms with Gasteiger partial charge in [-0.3, -0.25) is 9.69 Å². The minimum atomic E-state index is -0.666. The number of carboxylic acids is 1. The third-order valence-corrected chi connectivity index (χ3v) is 6.32. The fourth-order valence-electron chi connectivity index (χ4n) is 4.60. The van der Waals surface area contributed by atoms with Crippen molar-refractivity contribution in [2.45, 2.75) is 19.8 Å². The van der Waals surface area contributed by atoms with Gasteiger partial charge >= 0.3 is 5.97 Å². The molecule has 142 valence electrons. The zero-order valence-electron chi connectivity index (χ0n) is 16.1. The number of aryl methyl sites for hydroxylation is 1. The van der Waals surface area contributed by atoms with Crippen molar-refractivity contribution in [3.8, 4) is 5.69 Å². The Morgan fingerprint density at radius 2 is 1.93 bits per heavy atom. The average Bonchev–Trinajstić information content (AvgIpc) is 3.09. The zero-order valence-corrected chi connectivity index (χ0v) is 16.1. The number of allylic oxidation sites excluding steroid dienone is 1. The van der Waals surface area contributed by atoms with Crippen LogP contribution in [0.15, 0.2) is 60.3 Å². The monoisotopic (exact) mass is 372 g/mol. The standard InChI is InChI=1S/C24H24N2O2/c1-16-19(13-25-14-20(15-25)24(27)28)7-6-18-12-21(8-9-22(16)18)26-11-10-17-4-2-3-5-23(17)26/h2-5,8-12,20H,6-7,13-15H2,1H3,(H,27,28). The summed E-state index contributed by atoms with van der Waals surface area (Å²) in [5, 5.41) is 10.3. The third-order valence-electron chi connectivity index (χ3n) is 6.32. The fraction of sp³-hybridized carbons (Fsp3) is 0.292. The Morgan fingerprint density at radius 1 is 1.11 bits per heavy atom. The van der Waals surface area contributed by atoms with E-state index >= 15 is 0 Å². The van der Waals surface area contributed by atoms with Gasteiger partial charge in [-0.25, -0.2) is 0 Å². The van der Waals surface area contributed by atoms with E-state index in [1.807, 2.05) is 0 Å². The Labute approximate surface area is 164 Å². The first-order valence-corrected chi connectivity index (χ1v) is 9.94. The minimum absolute atomic E-state index is 0.185. The first-order chi connectivity index (χ1) is 13.6. The van der Waals surface area contributed by atoms with Crippen LogP contribution in [0.4, 0.5) is 0 Å². The van der Waals surface area contributed by atoms with Crippen molar-refractivity contribution in [3.63, 3.8) is 0 Å². The number of rotatable bonds is 4. The van der Waals surface area contributed by atoms with Crippen LogP contribution in [0.3, 0.4) is 0 Å². The molecule has 2 heterocycles. The number of likely N-dealkylation sites (tertiary alicyclic amines) is 1. The summed E-state index contributed by atoms with van der Waals surface area (Å²) in [7, 11) is 0. The van der Waals surface area contributed by atoms with E-state index in [2.05, 4.69) is 71.1 Å². The van der Waals surface area contributed by atoms with Gasteiger partial charge in [0, 0.05) is 31.5 Å². The molecule has 2 aliphatic rings. The molecule has 1 N–H and O–H groups in total. The van der Waals surface area contributed by atoms with Gasteiger partial charge in [-0.2, -0.15) is 0 Å². The van der Waals surface area contributed by atoms with Crippen LogP contribution in [-0.4, -0.2) is 40.2 Å². The van der Waals surface area contributed by atoms with Crippen LogP contribution in [0.2, 0.25) is 0 Å². The molecule has 0 unspecified atom stereocenters. The summed E-state index contributed by atoms with van der Waals surface area (Å²) in [5.74, 6) is -0.850. The molecule has 4 heteroatoms. The van der Waals surface area contributed by atoms with Gasteiger partial charge in [-0.05, 0) is 66.1 Å². The van der Waals surface area contributed by atoms with Gasteiger partial charge in [0.2, 0.25) is 0 Å². The van der Waals surface area contributed by atoms with Crippen molar-refractivity contribution in [1.29, 1.82) is 0 Å². The van der Waals surface area contributed by atoms with E-state index in [0.29, 0.717) is 13.1 Å². The second kappa shape index (κ2) is 6.64. The van der Waals surface area contributed by atoms with E-state index in [1.54, 1.807) is 0 Å². The molecule has 0 spiro atoms. The predicted octanol–water partition coefficient (Wildman–Crippen LogP) is 4.37. The Morgan fingerprint density at radius 3 is 2.75 bits per heavy atom. The number of fused-ring (bicyclic) bond motifs is 2. The topological polar surface area (TPSA) is 45.5 Å². The van der Waals surface area contributed by atoms with Crippen molar-refractivity contribution in [2.24, 2.45) is 5.92 Å². The number of benzene rings is 2. The Balaban J connectivity index is 1.41. The van der Waals surface area contributed by atoms with Crippen LogP contribution < -0.4 is 0 Å². The summed E-state index contributed by atoms with van der Waals surface area (Å²) < 4.78 is 2.26. The molecule has 0 amide bonds. The van der Waals surface area contributed by atoms with Crippen LogP contribution in [0, 0.1) is 5.92 Å². The molecule has 0 bridgehead atoms. The molecule has 5 rings (SSSR count). The Kier molecular flexibility index (Phi) is 4.09. The number of carbonyl (C=O) groups is 1. The molecule has 4 nitrogen and oxygen atoms in total. The van der Waals surface area contributed by atoms with Crippen LogP contribution in [0.25, 0.3) is 22.2 Å². The Hall–Kier alpha value is -2.85. The summed E-state index contributed by atoms with van der Waals surface area (Å²) in [5.41, 5.74) is 8.01. The van der Waals surface area contributed by atoms with Gasteiger partial charge in [0.15, 0.2) is 0 Å². The van der Waals surface area contributed by atoms with Crippen molar-refractivity contribution >= 4 is 22.4 Å². The highest BCUT2D eigenvalue weighted by Crippen LogP contribution is 2.34. The third kappa shape index (κ3) is 2.85. The number of aliphatic carboxylic acids is 1. The first kappa shape index (κ1) is 17.3. The van der Waals surface area contributed by atoms with Gasteiger partial charge in [-0.15, -0.1) is 0 Å². The lowest BCUT2D eigenvalue weighted by molar-refractivity contribution is -0.147. The highest BCUT2D eigenvalue weighted by atomic mass is 16.4. The van der Waals surface area contributed by atoms with Crippen molar-refractivity contribution in [2.75, 3.05) is 19.6 Å². The van der Waals surface area contributed by atoms with E-state index in [-0.39, 0.29) is 5.92 Å². The second-order valence-electron chi connectivity index (χ2n) is 8.04.